The molecule has 3 heterocycles. The number of aromatic nitrogens is 2. The lowest BCUT2D eigenvalue weighted by Crippen LogP contribution is -2.54. The molecule has 0 spiro atoms. The standard InChI is InChI=1S/C26H30ClN5S/c27-21-9-11-23(12-10-21)33-24-8-4-3-7-20(24)17-31-18-22(19-31)29-26-28-14-13-25(30-26)32-15-5-1-2-6-16-32/h3-4,7-14,22H,1-2,5-6,15-19H2,(H,28,29,30). The molecule has 0 saturated carbocycles. The first-order chi connectivity index (χ1) is 16.2. The Morgan fingerprint density at radius 2 is 1.70 bits per heavy atom. The normalized spacial score (nSPS) is 17.4. The van der Waals surface area contributed by atoms with E-state index in [9.17, 15) is 0 Å². The van der Waals surface area contributed by atoms with Crippen LogP contribution in [0.2, 0.25) is 5.02 Å². The first kappa shape index (κ1) is 22.5. The van der Waals surface area contributed by atoms with Gasteiger partial charge >= 0.3 is 0 Å². The Labute approximate surface area is 205 Å². The molecule has 0 bridgehead atoms. The van der Waals surface area contributed by atoms with E-state index < -0.39 is 0 Å². The van der Waals surface area contributed by atoms with Gasteiger partial charge in [0.05, 0.1) is 6.04 Å². The minimum Gasteiger partial charge on any atom is -0.356 e. The summed E-state index contributed by atoms with van der Waals surface area (Å²) in [5, 5.41) is 4.31. The van der Waals surface area contributed by atoms with Crippen LogP contribution in [0.5, 0.6) is 0 Å². The zero-order valence-electron chi connectivity index (χ0n) is 18.8. The second-order valence-electron chi connectivity index (χ2n) is 8.84. The number of rotatable bonds is 7. The Morgan fingerprint density at radius 3 is 2.48 bits per heavy atom. The molecule has 0 aliphatic carbocycles. The lowest BCUT2D eigenvalue weighted by atomic mass is 10.1. The van der Waals surface area contributed by atoms with Gasteiger partial charge in [0.2, 0.25) is 5.95 Å². The van der Waals surface area contributed by atoms with Crippen LogP contribution in [-0.2, 0) is 6.54 Å². The Morgan fingerprint density at radius 1 is 0.939 bits per heavy atom. The van der Waals surface area contributed by atoms with Gasteiger partial charge < -0.3 is 10.2 Å². The fraction of sp³-hybridized carbons (Fsp3) is 0.385. The third-order valence-corrected chi connectivity index (χ3v) is 7.65. The van der Waals surface area contributed by atoms with Gasteiger partial charge in [-0.2, -0.15) is 4.98 Å². The SMILES string of the molecule is Clc1ccc(Sc2ccccc2CN2CC(Nc3nccc(N4CCCCCC4)n3)C2)cc1. The molecule has 2 aliphatic rings. The molecule has 0 radical (unpaired) electrons. The molecule has 33 heavy (non-hydrogen) atoms. The lowest BCUT2D eigenvalue weighted by Gasteiger charge is -2.40. The van der Waals surface area contributed by atoms with Crippen LogP contribution in [0.15, 0.2) is 70.6 Å². The van der Waals surface area contributed by atoms with E-state index in [2.05, 4.69) is 56.5 Å². The molecule has 5 rings (SSSR count). The highest BCUT2D eigenvalue weighted by Gasteiger charge is 2.28. The topological polar surface area (TPSA) is 44.3 Å². The van der Waals surface area contributed by atoms with Crippen molar-refractivity contribution in [3.8, 4) is 0 Å². The van der Waals surface area contributed by atoms with Crippen LogP contribution in [-0.4, -0.2) is 47.1 Å². The first-order valence-corrected chi connectivity index (χ1v) is 13.0. The van der Waals surface area contributed by atoms with Gasteiger partial charge in [0.15, 0.2) is 0 Å². The molecule has 0 unspecified atom stereocenters. The maximum absolute atomic E-state index is 6.03. The van der Waals surface area contributed by atoms with Crippen LogP contribution < -0.4 is 10.2 Å². The second-order valence-corrected chi connectivity index (χ2v) is 10.4. The number of nitrogens with zero attached hydrogens (tertiary/aromatic N) is 4. The largest absolute Gasteiger partial charge is 0.356 e. The minimum atomic E-state index is 0.389. The summed E-state index contributed by atoms with van der Waals surface area (Å²) >= 11 is 7.83. The van der Waals surface area contributed by atoms with Crippen LogP contribution in [0.3, 0.4) is 0 Å². The minimum absolute atomic E-state index is 0.389. The van der Waals surface area contributed by atoms with Gasteiger partial charge in [-0.3, -0.25) is 4.90 Å². The van der Waals surface area contributed by atoms with E-state index in [1.165, 1.54) is 41.0 Å². The molecule has 0 amide bonds. The van der Waals surface area contributed by atoms with E-state index >= 15 is 0 Å². The molecule has 1 aromatic heterocycles. The maximum Gasteiger partial charge on any atom is 0.224 e. The van der Waals surface area contributed by atoms with Crippen molar-refractivity contribution in [3.05, 3.63) is 71.4 Å². The molecule has 7 heteroatoms. The molecule has 5 nitrogen and oxygen atoms in total. The van der Waals surface area contributed by atoms with Crippen molar-refractivity contribution in [1.29, 1.82) is 0 Å². The number of anilines is 2. The summed E-state index contributed by atoms with van der Waals surface area (Å²) in [4.78, 5) is 16.7. The van der Waals surface area contributed by atoms with Crippen molar-refractivity contribution in [2.75, 3.05) is 36.4 Å². The summed E-state index contributed by atoms with van der Waals surface area (Å²) in [7, 11) is 0. The predicted molar refractivity (Wildman–Crippen MR) is 137 cm³/mol. The van der Waals surface area contributed by atoms with Crippen LogP contribution in [0.25, 0.3) is 0 Å². The molecule has 1 N–H and O–H groups in total. The first-order valence-electron chi connectivity index (χ1n) is 11.8. The van der Waals surface area contributed by atoms with E-state index in [0.29, 0.717) is 6.04 Å². The highest BCUT2D eigenvalue weighted by Crippen LogP contribution is 2.32. The summed E-state index contributed by atoms with van der Waals surface area (Å²) in [6, 6.07) is 19.1. The summed E-state index contributed by atoms with van der Waals surface area (Å²) < 4.78 is 0. The number of halogens is 1. The fourth-order valence-corrected chi connectivity index (χ4v) is 5.53. The zero-order chi connectivity index (χ0) is 22.5. The van der Waals surface area contributed by atoms with Crippen molar-refractivity contribution in [2.24, 2.45) is 0 Å². The number of benzene rings is 2. The van der Waals surface area contributed by atoms with E-state index in [1.807, 2.05) is 24.4 Å². The van der Waals surface area contributed by atoms with Gasteiger partial charge in [-0.05, 0) is 54.8 Å². The molecule has 2 fully saturated rings. The predicted octanol–water partition coefficient (Wildman–Crippen LogP) is 5.96. The molecule has 3 aromatic rings. The third kappa shape index (κ3) is 5.99. The number of hydrogen-bond donors (Lipinski definition) is 1. The summed E-state index contributed by atoms with van der Waals surface area (Å²) in [6.45, 7) is 5.14. The Hall–Kier alpha value is -2.28. The Balaban J connectivity index is 1.15. The van der Waals surface area contributed by atoms with E-state index in [1.54, 1.807) is 11.8 Å². The fourth-order valence-electron chi connectivity index (χ4n) is 4.47. The van der Waals surface area contributed by atoms with Gasteiger partial charge in [-0.25, -0.2) is 4.98 Å². The molecule has 2 saturated heterocycles. The zero-order valence-corrected chi connectivity index (χ0v) is 20.4. The monoisotopic (exact) mass is 479 g/mol. The van der Waals surface area contributed by atoms with Crippen molar-refractivity contribution in [3.63, 3.8) is 0 Å². The van der Waals surface area contributed by atoms with Gasteiger partial charge in [0.1, 0.15) is 5.82 Å². The van der Waals surface area contributed by atoms with Crippen LogP contribution in [0.1, 0.15) is 31.2 Å². The number of hydrogen-bond acceptors (Lipinski definition) is 6. The Kier molecular flexibility index (Phi) is 7.34. The Bertz CT molecular complexity index is 1050. The number of nitrogens with one attached hydrogen (secondary N) is 1. The summed E-state index contributed by atoms with van der Waals surface area (Å²) in [5.74, 6) is 1.80. The second kappa shape index (κ2) is 10.8. The van der Waals surface area contributed by atoms with Crippen LogP contribution >= 0.6 is 23.4 Å². The number of likely N-dealkylation sites (tertiary alicyclic amines) is 1. The molecule has 172 valence electrons. The lowest BCUT2D eigenvalue weighted by molar-refractivity contribution is 0.151. The van der Waals surface area contributed by atoms with Crippen molar-refractivity contribution < 1.29 is 0 Å². The summed E-state index contributed by atoms with van der Waals surface area (Å²) in [5.41, 5.74) is 1.36. The van der Waals surface area contributed by atoms with E-state index in [0.717, 1.165) is 49.5 Å². The van der Waals surface area contributed by atoms with Gasteiger partial charge in [-0.15, -0.1) is 0 Å². The van der Waals surface area contributed by atoms with Crippen LogP contribution in [0.4, 0.5) is 11.8 Å². The average molecular weight is 480 g/mol. The smallest absolute Gasteiger partial charge is 0.224 e. The quantitative estimate of drug-likeness (QED) is 0.451. The van der Waals surface area contributed by atoms with E-state index in [-0.39, 0.29) is 0 Å². The van der Waals surface area contributed by atoms with Gasteiger partial charge in [0, 0.05) is 53.7 Å². The van der Waals surface area contributed by atoms with Crippen molar-refractivity contribution in [2.45, 2.75) is 48.1 Å². The third-order valence-electron chi connectivity index (χ3n) is 6.27. The van der Waals surface area contributed by atoms with Gasteiger partial charge in [-0.1, -0.05) is 54.4 Å². The molecular formula is C26H30ClN5S. The highest BCUT2D eigenvalue weighted by atomic mass is 35.5. The molecule has 2 aromatic carbocycles. The maximum atomic E-state index is 6.03. The van der Waals surface area contributed by atoms with Crippen molar-refractivity contribution in [1.82, 2.24) is 14.9 Å². The molecular weight excluding hydrogens is 450 g/mol. The molecule has 0 atom stereocenters. The van der Waals surface area contributed by atoms with Crippen molar-refractivity contribution >= 4 is 35.1 Å². The van der Waals surface area contributed by atoms with Crippen LogP contribution in [0, 0.1) is 0 Å². The average Bonchev–Trinajstić information content (AvgIpc) is 3.10. The van der Waals surface area contributed by atoms with Gasteiger partial charge in [0.25, 0.3) is 0 Å². The summed E-state index contributed by atoms with van der Waals surface area (Å²) in [6.07, 6.45) is 7.04. The molecule has 2 aliphatic heterocycles. The van der Waals surface area contributed by atoms with E-state index in [4.69, 9.17) is 16.6 Å². The highest BCUT2D eigenvalue weighted by molar-refractivity contribution is 7.99.